The molecule has 0 aliphatic carbocycles. The summed E-state index contributed by atoms with van der Waals surface area (Å²) in [7, 11) is 0. The highest BCUT2D eigenvalue weighted by Crippen LogP contribution is 2.19. The van der Waals surface area contributed by atoms with Gasteiger partial charge in [-0.05, 0) is 77.0 Å². The Labute approximate surface area is 488 Å². The lowest BCUT2D eigenvalue weighted by Crippen LogP contribution is -2.45. The van der Waals surface area contributed by atoms with Gasteiger partial charge in [0.15, 0.2) is 0 Å². The Hall–Kier alpha value is -1.66. The van der Waals surface area contributed by atoms with Crippen LogP contribution in [0.15, 0.2) is 24.3 Å². The Morgan fingerprint density at radius 2 is 0.603 bits per heavy atom. The monoisotopic (exact) mass is 1100 g/mol. The summed E-state index contributed by atoms with van der Waals surface area (Å²) in [4.78, 5) is 24.6. The zero-order chi connectivity index (χ0) is 56.4. The van der Waals surface area contributed by atoms with E-state index in [2.05, 4.69) is 43.5 Å². The van der Waals surface area contributed by atoms with Crippen molar-refractivity contribution < 1.29 is 24.5 Å². The number of carbonyl (C=O) groups excluding carboxylic acids is 2. The van der Waals surface area contributed by atoms with Gasteiger partial charge in [0, 0.05) is 12.8 Å². The van der Waals surface area contributed by atoms with Crippen LogP contribution >= 0.6 is 0 Å². The van der Waals surface area contributed by atoms with Crippen molar-refractivity contribution in [3.8, 4) is 0 Å². The number of aliphatic hydroxyl groups is 2. The summed E-state index contributed by atoms with van der Waals surface area (Å²) in [6.45, 7) is 4.98. The van der Waals surface area contributed by atoms with Gasteiger partial charge in [-0.25, -0.2) is 0 Å². The van der Waals surface area contributed by atoms with Gasteiger partial charge in [0.05, 0.1) is 25.4 Å². The van der Waals surface area contributed by atoms with Crippen LogP contribution in [-0.4, -0.2) is 47.4 Å². The lowest BCUT2D eigenvalue weighted by molar-refractivity contribution is -0.143. The lowest BCUT2D eigenvalue weighted by Gasteiger charge is -2.22. The summed E-state index contributed by atoms with van der Waals surface area (Å²) in [5.41, 5.74) is 0. The maximum Gasteiger partial charge on any atom is 0.305 e. The molecule has 0 aromatic heterocycles. The summed E-state index contributed by atoms with van der Waals surface area (Å²) < 4.78 is 5.48. The number of carbonyl (C=O) groups is 2. The van der Waals surface area contributed by atoms with E-state index in [1.54, 1.807) is 0 Å². The average molecular weight is 1100 g/mol. The van der Waals surface area contributed by atoms with Gasteiger partial charge in [-0.3, -0.25) is 9.59 Å². The minimum Gasteiger partial charge on any atom is -0.466 e. The summed E-state index contributed by atoms with van der Waals surface area (Å²) in [5, 5.41) is 23.4. The quantitative estimate of drug-likeness (QED) is 0.0320. The van der Waals surface area contributed by atoms with E-state index in [1.165, 1.54) is 321 Å². The van der Waals surface area contributed by atoms with Crippen molar-refractivity contribution in [2.45, 2.75) is 411 Å². The van der Waals surface area contributed by atoms with Gasteiger partial charge in [-0.1, -0.05) is 334 Å². The molecule has 2 atom stereocenters. The normalized spacial score (nSPS) is 12.6. The molecule has 0 fully saturated rings. The highest BCUT2D eigenvalue weighted by atomic mass is 16.5. The molecule has 0 bridgehead atoms. The number of ether oxygens (including phenoxy) is 1. The fourth-order valence-corrected chi connectivity index (χ4v) is 11.3. The van der Waals surface area contributed by atoms with Crippen LogP contribution in [0.4, 0.5) is 0 Å². The standard InChI is InChI=1S/C72H139NO5/c1-3-5-7-9-11-13-15-17-19-20-21-31-34-37-40-44-48-52-56-60-64-70(75)69(68-74)73-71(76)65-61-57-53-49-45-41-38-35-32-29-27-25-23-22-24-26-28-30-33-36-39-43-47-51-55-59-63-67-78-72(77)66-62-58-54-50-46-42-18-16-14-12-10-8-6-4-2/h16,18,22-23,69-70,74-75H,3-15,17,19-21,24-68H2,1-2H3,(H,73,76)/b18-16-,23-22-. The summed E-state index contributed by atoms with van der Waals surface area (Å²) in [6.07, 6.45) is 85.1. The Bertz CT molecular complexity index is 1220. The maximum atomic E-state index is 12.5. The van der Waals surface area contributed by atoms with Crippen LogP contribution < -0.4 is 5.32 Å². The summed E-state index contributed by atoms with van der Waals surface area (Å²) >= 11 is 0. The number of hydrogen-bond donors (Lipinski definition) is 3. The molecule has 0 rings (SSSR count). The molecule has 2 unspecified atom stereocenters. The third kappa shape index (κ3) is 63.5. The van der Waals surface area contributed by atoms with E-state index in [4.69, 9.17) is 4.74 Å². The van der Waals surface area contributed by atoms with Gasteiger partial charge in [0.1, 0.15) is 0 Å². The number of unbranched alkanes of at least 4 members (excludes halogenated alkanes) is 52. The van der Waals surface area contributed by atoms with Gasteiger partial charge in [0.25, 0.3) is 0 Å². The van der Waals surface area contributed by atoms with Crippen molar-refractivity contribution >= 4 is 11.9 Å². The van der Waals surface area contributed by atoms with Crippen LogP contribution in [0.1, 0.15) is 399 Å². The first-order valence-electron chi connectivity index (χ1n) is 35.6. The third-order valence-electron chi connectivity index (χ3n) is 16.7. The van der Waals surface area contributed by atoms with Crippen molar-refractivity contribution in [3.05, 3.63) is 24.3 Å². The van der Waals surface area contributed by atoms with Crippen LogP contribution in [0.25, 0.3) is 0 Å². The minimum atomic E-state index is -0.666. The fourth-order valence-electron chi connectivity index (χ4n) is 11.3. The van der Waals surface area contributed by atoms with Crippen molar-refractivity contribution in [3.63, 3.8) is 0 Å². The second-order valence-corrected chi connectivity index (χ2v) is 24.6. The van der Waals surface area contributed by atoms with Gasteiger partial charge < -0.3 is 20.3 Å². The molecule has 0 heterocycles. The molecule has 0 aromatic carbocycles. The molecular formula is C72H139NO5. The largest absolute Gasteiger partial charge is 0.466 e. The van der Waals surface area contributed by atoms with Crippen molar-refractivity contribution in [1.29, 1.82) is 0 Å². The number of aliphatic hydroxyl groups excluding tert-OH is 2. The molecular weight excluding hydrogens is 959 g/mol. The molecule has 0 saturated heterocycles. The first-order valence-corrected chi connectivity index (χ1v) is 35.6. The highest BCUT2D eigenvalue weighted by molar-refractivity contribution is 5.76. The number of nitrogens with one attached hydrogen (secondary N) is 1. The van der Waals surface area contributed by atoms with Gasteiger partial charge in [-0.15, -0.1) is 0 Å². The third-order valence-corrected chi connectivity index (χ3v) is 16.7. The molecule has 0 aliphatic rings. The SMILES string of the molecule is CCCCCCC/C=C\CCCCCCCC(=O)OCCCCCCCCCCCCCC/C=C\CCCCCCCCCCCCCC(=O)NC(CO)C(O)CCCCCCCCCCCCCCCCCCCCCC. The number of hydrogen-bond acceptors (Lipinski definition) is 5. The molecule has 462 valence electrons. The predicted octanol–water partition coefficient (Wildman–Crippen LogP) is 22.9. The summed E-state index contributed by atoms with van der Waals surface area (Å²) in [5.74, 6) is -0.0243. The summed E-state index contributed by atoms with van der Waals surface area (Å²) in [6, 6.07) is -0.543. The molecule has 0 saturated carbocycles. The first-order chi connectivity index (χ1) is 38.5. The Morgan fingerprint density at radius 1 is 0.346 bits per heavy atom. The van der Waals surface area contributed by atoms with E-state index in [1.807, 2.05) is 0 Å². The Morgan fingerprint density at radius 3 is 0.910 bits per heavy atom. The molecule has 0 radical (unpaired) electrons. The van der Waals surface area contributed by atoms with Crippen LogP contribution in [0, 0.1) is 0 Å². The zero-order valence-electron chi connectivity index (χ0n) is 52.9. The lowest BCUT2D eigenvalue weighted by atomic mass is 10.0. The molecule has 1 amide bonds. The van der Waals surface area contributed by atoms with Crippen molar-refractivity contribution in [2.24, 2.45) is 0 Å². The van der Waals surface area contributed by atoms with E-state index < -0.39 is 12.1 Å². The fraction of sp³-hybridized carbons (Fsp3) is 0.917. The van der Waals surface area contributed by atoms with E-state index in [-0.39, 0.29) is 18.5 Å². The zero-order valence-corrected chi connectivity index (χ0v) is 52.9. The number of rotatable bonds is 67. The first kappa shape index (κ1) is 76.3. The van der Waals surface area contributed by atoms with Gasteiger partial charge >= 0.3 is 5.97 Å². The molecule has 3 N–H and O–H groups in total. The van der Waals surface area contributed by atoms with Gasteiger partial charge in [0.2, 0.25) is 5.91 Å². The molecule has 78 heavy (non-hydrogen) atoms. The maximum absolute atomic E-state index is 12.5. The van der Waals surface area contributed by atoms with Crippen LogP contribution in [0.3, 0.4) is 0 Å². The second-order valence-electron chi connectivity index (χ2n) is 24.6. The molecule has 0 aromatic rings. The molecule has 0 spiro atoms. The van der Waals surface area contributed by atoms with E-state index in [9.17, 15) is 19.8 Å². The second kappa shape index (κ2) is 67.8. The Balaban J connectivity index is 3.38. The molecule has 6 nitrogen and oxygen atoms in total. The van der Waals surface area contributed by atoms with Crippen LogP contribution in [-0.2, 0) is 14.3 Å². The van der Waals surface area contributed by atoms with Crippen molar-refractivity contribution in [2.75, 3.05) is 13.2 Å². The predicted molar refractivity (Wildman–Crippen MR) is 343 cm³/mol. The highest BCUT2D eigenvalue weighted by Gasteiger charge is 2.20. The van der Waals surface area contributed by atoms with E-state index >= 15 is 0 Å². The number of allylic oxidation sites excluding steroid dienone is 4. The van der Waals surface area contributed by atoms with Crippen molar-refractivity contribution in [1.82, 2.24) is 5.32 Å². The molecule has 0 aliphatic heterocycles. The molecule has 6 heteroatoms. The topological polar surface area (TPSA) is 95.9 Å². The van der Waals surface area contributed by atoms with Gasteiger partial charge in [-0.2, -0.15) is 0 Å². The smallest absolute Gasteiger partial charge is 0.305 e. The Kier molecular flexibility index (Phi) is 66.4. The number of amides is 1. The number of esters is 1. The minimum absolute atomic E-state index is 0.00731. The van der Waals surface area contributed by atoms with E-state index in [0.29, 0.717) is 25.9 Å². The average Bonchev–Trinajstić information content (AvgIpc) is 3.44. The van der Waals surface area contributed by atoms with Crippen LogP contribution in [0.2, 0.25) is 0 Å². The van der Waals surface area contributed by atoms with E-state index in [0.717, 1.165) is 44.9 Å². The van der Waals surface area contributed by atoms with Crippen LogP contribution in [0.5, 0.6) is 0 Å².